The summed E-state index contributed by atoms with van der Waals surface area (Å²) in [5, 5.41) is 0.145. The summed E-state index contributed by atoms with van der Waals surface area (Å²) in [5.41, 5.74) is 0.707. The average Bonchev–Trinajstić information content (AvgIpc) is 3.52. The summed E-state index contributed by atoms with van der Waals surface area (Å²) in [6.07, 6.45) is 2.95. The fraction of sp³-hybridized carbons (Fsp3) is 0.409. The summed E-state index contributed by atoms with van der Waals surface area (Å²) in [4.78, 5) is 14.5. The molecule has 2 fully saturated rings. The molecule has 172 valence electrons. The fourth-order valence-electron chi connectivity index (χ4n) is 3.76. The number of benzene rings is 2. The summed E-state index contributed by atoms with van der Waals surface area (Å²) in [5.74, 6) is -1.81. The minimum absolute atomic E-state index is 0.0441. The van der Waals surface area contributed by atoms with E-state index in [-0.39, 0.29) is 16.8 Å². The predicted octanol–water partition coefficient (Wildman–Crippen LogP) is 4.40. The molecule has 1 heterocycles. The Balaban J connectivity index is 1.39. The van der Waals surface area contributed by atoms with Crippen molar-refractivity contribution in [2.24, 2.45) is 0 Å². The number of ether oxygens (including phenoxy) is 1. The zero-order valence-electron chi connectivity index (χ0n) is 17.2. The molecule has 0 aromatic heterocycles. The Hall–Kier alpha value is -1.87. The second-order valence-corrected chi connectivity index (χ2v) is 10.9. The smallest absolute Gasteiger partial charge is 0.267 e. The van der Waals surface area contributed by atoms with Gasteiger partial charge in [0.15, 0.2) is 0 Å². The van der Waals surface area contributed by atoms with Crippen molar-refractivity contribution < 1.29 is 22.3 Å². The van der Waals surface area contributed by atoms with E-state index in [1.807, 2.05) is 29.0 Å². The number of sulfonamides is 1. The topological polar surface area (TPSA) is 75.7 Å². The molecule has 1 aliphatic heterocycles. The highest BCUT2D eigenvalue weighted by Crippen LogP contribution is 2.31. The molecule has 6 nitrogen and oxygen atoms in total. The van der Waals surface area contributed by atoms with Crippen LogP contribution < -0.4 is 9.46 Å². The Morgan fingerprint density at radius 2 is 1.88 bits per heavy atom. The Bertz CT molecular complexity index is 1110. The van der Waals surface area contributed by atoms with E-state index in [1.54, 1.807) is 0 Å². The van der Waals surface area contributed by atoms with E-state index in [9.17, 15) is 17.6 Å². The third-order valence-electron chi connectivity index (χ3n) is 5.69. The van der Waals surface area contributed by atoms with Crippen LogP contribution in [-0.2, 0) is 16.6 Å². The zero-order valence-corrected chi connectivity index (χ0v) is 19.5. The molecule has 1 saturated heterocycles. The monoisotopic (exact) mass is 500 g/mol. The van der Waals surface area contributed by atoms with Crippen molar-refractivity contribution in [2.75, 3.05) is 13.2 Å². The van der Waals surface area contributed by atoms with E-state index in [1.165, 1.54) is 0 Å². The van der Waals surface area contributed by atoms with Gasteiger partial charge >= 0.3 is 0 Å². The SMILES string of the molecule is O=C(NS(=O)(=O)C1CC1)c1cc(Cl)c(OC[C@H]2CCCN2Cc2ccc(Cl)cc2)cc1F. The van der Waals surface area contributed by atoms with Crippen molar-refractivity contribution in [3.63, 3.8) is 0 Å². The molecule has 2 aromatic carbocycles. The molecule has 10 heteroatoms. The van der Waals surface area contributed by atoms with Crippen LogP contribution in [0, 0.1) is 5.82 Å². The normalized spacial score (nSPS) is 19.2. The van der Waals surface area contributed by atoms with Gasteiger partial charge in [0.05, 0.1) is 15.8 Å². The van der Waals surface area contributed by atoms with Gasteiger partial charge in [0.25, 0.3) is 5.91 Å². The lowest BCUT2D eigenvalue weighted by Crippen LogP contribution is -2.34. The lowest BCUT2D eigenvalue weighted by Gasteiger charge is -2.25. The standard InChI is InChI=1S/C22H23Cl2FN2O4S/c23-15-5-3-14(4-6-15)12-27-9-1-2-16(27)13-31-21-11-20(25)18(10-19(21)24)22(28)26-32(29,30)17-7-8-17/h3-6,10-11,16-17H,1-2,7-9,12-13H2,(H,26,28)/t16-/m1/s1. The van der Waals surface area contributed by atoms with Crippen LogP contribution in [0.2, 0.25) is 10.0 Å². The highest BCUT2D eigenvalue weighted by Gasteiger charge is 2.37. The Labute approximate surface area is 196 Å². The molecule has 1 atom stereocenters. The van der Waals surface area contributed by atoms with Gasteiger partial charge < -0.3 is 4.74 Å². The first-order valence-electron chi connectivity index (χ1n) is 10.4. The highest BCUT2D eigenvalue weighted by molar-refractivity contribution is 7.91. The summed E-state index contributed by atoms with van der Waals surface area (Å²) in [6, 6.07) is 9.94. The zero-order chi connectivity index (χ0) is 22.9. The Kier molecular flexibility index (Phi) is 6.95. The first-order chi connectivity index (χ1) is 15.2. The minimum Gasteiger partial charge on any atom is -0.490 e. The van der Waals surface area contributed by atoms with Crippen molar-refractivity contribution in [3.05, 3.63) is 63.4 Å². The lowest BCUT2D eigenvalue weighted by molar-refractivity contribution is 0.0977. The maximum absolute atomic E-state index is 14.6. The number of rotatable bonds is 8. The number of carbonyl (C=O) groups is 1. The molecule has 4 rings (SSSR count). The number of nitrogens with one attached hydrogen (secondary N) is 1. The second-order valence-electron chi connectivity index (χ2n) is 8.14. The number of halogens is 3. The van der Waals surface area contributed by atoms with Crippen molar-refractivity contribution in [2.45, 2.75) is 43.5 Å². The van der Waals surface area contributed by atoms with Crippen LogP contribution in [0.4, 0.5) is 4.39 Å². The van der Waals surface area contributed by atoms with Gasteiger partial charge in [-0.1, -0.05) is 35.3 Å². The van der Waals surface area contributed by atoms with Gasteiger partial charge in [0.2, 0.25) is 10.0 Å². The number of nitrogens with zero attached hydrogens (tertiary/aromatic N) is 1. The molecule has 0 bridgehead atoms. The summed E-state index contributed by atoms with van der Waals surface area (Å²) < 4.78 is 46.1. The van der Waals surface area contributed by atoms with Crippen molar-refractivity contribution >= 4 is 39.1 Å². The number of hydrogen-bond acceptors (Lipinski definition) is 5. The molecule has 0 unspecified atom stereocenters. The molecule has 1 saturated carbocycles. The van der Waals surface area contributed by atoms with E-state index in [4.69, 9.17) is 27.9 Å². The highest BCUT2D eigenvalue weighted by atomic mass is 35.5. The maximum Gasteiger partial charge on any atom is 0.267 e. The Morgan fingerprint density at radius 3 is 2.56 bits per heavy atom. The van der Waals surface area contributed by atoms with Gasteiger partial charge in [-0.05, 0) is 56.0 Å². The summed E-state index contributed by atoms with van der Waals surface area (Å²) >= 11 is 12.2. The van der Waals surface area contributed by atoms with Crippen LogP contribution in [-0.4, -0.2) is 43.7 Å². The van der Waals surface area contributed by atoms with Gasteiger partial charge in [-0.15, -0.1) is 0 Å². The fourth-order valence-corrected chi connectivity index (χ4v) is 5.40. The molecule has 1 amide bonds. The summed E-state index contributed by atoms with van der Waals surface area (Å²) in [6.45, 7) is 1.99. The van der Waals surface area contributed by atoms with Crippen LogP contribution in [0.3, 0.4) is 0 Å². The molecule has 2 aliphatic rings. The largest absolute Gasteiger partial charge is 0.490 e. The van der Waals surface area contributed by atoms with Gasteiger partial charge in [-0.3, -0.25) is 9.69 Å². The first-order valence-corrected chi connectivity index (χ1v) is 12.7. The third-order valence-corrected chi connectivity index (χ3v) is 8.06. The minimum atomic E-state index is -3.78. The van der Waals surface area contributed by atoms with Gasteiger partial charge in [-0.2, -0.15) is 0 Å². The van der Waals surface area contributed by atoms with E-state index < -0.39 is 32.6 Å². The molecular weight excluding hydrogens is 478 g/mol. The van der Waals surface area contributed by atoms with Gasteiger partial charge in [-0.25, -0.2) is 17.5 Å². The van der Waals surface area contributed by atoms with E-state index in [0.29, 0.717) is 24.5 Å². The number of amides is 1. The van der Waals surface area contributed by atoms with Crippen molar-refractivity contribution in [1.29, 1.82) is 0 Å². The Morgan fingerprint density at radius 1 is 1.16 bits per heavy atom. The molecule has 0 radical (unpaired) electrons. The second kappa shape index (κ2) is 9.55. The molecule has 1 N–H and O–H groups in total. The maximum atomic E-state index is 14.6. The van der Waals surface area contributed by atoms with E-state index in [0.717, 1.165) is 43.6 Å². The van der Waals surface area contributed by atoms with Crippen LogP contribution in [0.1, 0.15) is 41.6 Å². The van der Waals surface area contributed by atoms with Crippen molar-refractivity contribution in [1.82, 2.24) is 9.62 Å². The van der Waals surface area contributed by atoms with Gasteiger partial charge in [0.1, 0.15) is 18.2 Å². The molecule has 2 aromatic rings. The van der Waals surface area contributed by atoms with E-state index in [2.05, 4.69) is 4.90 Å². The quantitative estimate of drug-likeness (QED) is 0.581. The molecular formula is C22H23Cl2FN2O4S. The number of hydrogen-bond donors (Lipinski definition) is 1. The predicted molar refractivity (Wildman–Crippen MR) is 121 cm³/mol. The lowest BCUT2D eigenvalue weighted by atomic mass is 10.2. The van der Waals surface area contributed by atoms with Crippen LogP contribution in [0.15, 0.2) is 36.4 Å². The number of likely N-dealkylation sites (tertiary alicyclic amines) is 1. The average molecular weight is 501 g/mol. The molecule has 1 aliphatic carbocycles. The van der Waals surface area contributed by atoms with Crippen LogP contribution in [0.5, 0.6) is 5.75 Å². The first kappa shape index (κ1) is 23.3. The van der Waals surface area contributed by atoms with Crippen LogP contribution in [0.25, 0.3) is 0 Å². The summed E-state index contributed by atoms with van der Waals surface area (Å²) in [7, 11) is -3.78. The van der Waals surface area contributed by atoms with E-state index >= 15 is 0 Å². The van der Waals surface area contributed by atoms with Crippen LogP contribution >= 0.6 is 23.2 Å². The molecule has 0 spiro atoms. The van der Waals surface area contributed by atoms with Crippen molar-refractivity contribution in [3.8, 4) is 5.75 Å². The molecule has 32 heavy (non-hydrogen) atoms. The number of carbonyl (C=O) groups excluding carboxylic acids is 1. The van der Waals surface area contributed by atoms with Gasteiger partial charge in [0, 0.05) is 23.7 Å². The third kappa shape index (κ3) is 5.54.